The molecule has 1 saturated heterocycles. The number of nitrogens with one attached hydrogen (secondary N) is 1. The lowest BCUT2D eigenvalue weighted by molar-refractivity contribution is -0.166. The minimum Gasteiger partial charge on any atom is -0.370 e. The quantitative estimate of drug-likeness (QED) is 0.663. The fraction of sp³-hybridized carbons (Fsp3) is 0.280. The zero-order chi connectivity index (χ0) is 19.2. The second-order valence-corrected chi connectivity index (χ2v) is 7.10. The molecule has 0 bridgehead atoms. The molecule has 3 heteroatoms. The summed E-state index contributed by atoms with van der Waals surface area (Å²) in [7, 11) is 0. The van der Waals surface area contributed by atoms with E-state index in [2.05, 4.69) is 78.1 Å². The van der Waals surface area contributed by atoms with Crippen LogP contribution in [0.3, 0.4) is 0 Å². The third-order valence-corrected chi connectivity index (χ3v) is 5.37. The molecule has 1 aliphatic heterocycles. The molecule has 4 rings (SSSR count). The summed E-state index contributed by atoms with van der Waals surface area (Å²) >= 11 is 0. The summed E-state index contributed by atoms with van der Waals surface area (Å²) in [6, 6.07) is 29.6. The predicted octanol–water partition coefficient (Wildman–Crippen LogP) is 4.95. The summed E-state index contributed by atoms with van der Waals surface area (Å²) < 4.78 is 12.8. The van der Waals surface area contributed by atoms with Crippen LogP contribution < -0.4 is 5.32 Å². The summed E-state index contributed by atoms with van der Waals surface area (Å²) in [4.78, 5) is 0. The van der Waals surface area contributed by atoms with Crippen molar-refractivity contribution in [3.05, 3.63) is 96.1 Å². The van der Waals surface area contributed by atoms with Crippen molar-refractivity contribution >= 4 is 0 Å². The van der Waals surface area contributed by atoms with Gasteiger partial charge in [0.05, 0.1) is 6.61 Å². The standard InChI is InChI=1S/C25H27NO2/c1-2-27-24(22-15-13-21(14-16-22)20-9-5-3-6-10-20)25(19-26-17-18-28-25)23-11-7-4-8-12-23/h3-16,24,26H,2,17-19H2,1H3. The maximum Gasteiger partial charge on any atom is 0.136 e. The number of hydrogen-bond acceptors (Lipinski definition) is 3. The van der Waals surface area contributed by atoms with Crippen LogP contribution in [0.5, 0.6) is 0 Å². The van der Waals surface area contributed by atoms with Crippen molar-refractivity contribution in [3.63, 3.8) is 0 Å². The average molecular weight is 373 g/mol. The zero-order valence-corrected chi connectivity index (χ0v) is 16.3. The van der Waals surface area contributed by atoms with E-state index in [0.717, 1.165) is 24.2 Å². The van der Waals surface area contributed by atoms with Crippen LogP contribution in [0.15, 0.2) is 84.9 Å². The SMILES string of the molecule is CCOC(c1ccc(-c2ccccc2)cc1)C1(c2ccccc2)CNCCO1. The maximum atomic E-state index is 6.45. The third-order valence-electron chi connectivity index (χ3n) is 5.37. The van der Waals surface area contributed by atoms with E-state index in [1.807, 2.05) is 19.1 Å². The summed E-state index contributed by atoms with van der Waals surface area (Å²) in [6.07, 6.45) is -0.183. The van der Waals surface area contributed by atoms with Crippen molar-refractivity contribution < 1.29 is 9.47 Å². The third kappa shape index (κ3) is 3.74. The molecule has 1 fully saturated rings. The van der Waals surface area contributed by atoms with Crippen LogP contribution in [0, 0.1) is 0 Å². The van der Waals surface area contributed by atoms with Crippen LogP contribution in [-0.4, -0.2) is 26.3 Å². The Kier molecular flexibility index (Phi) is 5.87. The van der Waals surface area contributed by atoms with E-state index >= 15 is 0 Å². The molecular formula is C25H27NO2. The van der Waals surface area contributed by atoms with E-state index in [0.29, 0.717) is 13.2 Å². The molecular weight excluding hydrogens is 346 g/mol. The smallest absolute Gasteiger partial charge is 0.136 e. The molecule has 0 saturated carbocycles. The van der Waals surface area contributed by atoms with E-state index < -0.39 is 5.60 Å². The van der Waals surface area contributed by atoms with Gasteiger partial charge in [0.1, 0.15) is 11.7 Å². The summed E-state index contributed by atoms with van der Waals surface area (Å²) in [5, 5.41) is 3.52. The number of rotatable bonds is 6. The van der Waals surface area contributed by atoms with Crippen LogP contribution in [0.4, 0.5) is 0 Å². The Bertz CT molecular complexity index is 856. The molecule has 2 atom stereocenters. The molecule has 3 aromatic rings. The molecule has 1 aliphatic rings. The molecule has 0 amide bonds. The van der Waals surface area contributed by atoms with E-state index in [1.54, 1.807) is 0 Å². The number of ether oxygens (including phenoxy) is 2. The van der Waals surface area contributed by atoms with E-state index in [9.17, 15) is 0 Å². The van der Waals surface area contributed by atoms with Crippen molar-refractivity contribution in [2.45, 2.75) is 18.6 Å². The molecule has 1 heterocycles. The van der Waals surface area contributed by atoms with Gasteiger partial charge in [0, 0.05) is 19.7 Å². The summed E-state index contributed by atoms with van der Waals surface area (Å²) in [6.45, 7) is 4.92. The molecule has 1 N–H and O–H groups in total. The van der Waals surface area contributed by atoms with Crippen molar-refractivity contribution in [1.29, 1.82) is 0 Å². The highest BCUT2D eigenvalue weighted by Gasteiger charge is 2.44. The lowest BCUT2D eigenvalue weighted by atomic mass is 9.82. The summed E-state index contributed by atoms with van der Waals surface area (Å²) in [5.74, 6) is 0. The lowest BCUT2D eigenvalue weighted by Gasteiger charge is -2.43. The Morgan fingerprint density at radius 1 is 0.893 bits per heavy atom. The van der Waals surface area contributed by atoms with Gasteiger partial charge >= 0.3 is 0 Å². The highest BCUT2D eigenvalue weighted by Crippen LogP contribution is 2.42. The number of morpholine rings is 1. The minimum atomic E-state index is -0.538. The Morgan fingerprint density at radius 3 is 2.14 bits per heavy atom. The van der Waals surface area contributed by atoms with Gasteiger partial charge in [-0.3, -0.25) is 0 Å². The summed E-state index contributed by atoms with van der Waals surface area (Å²) in [5.41, 5.74) is 4.16. The topological polar surface area (TPSA) is 30.5 Å². The molecule has 3 nitrogen and oxygen atoms in total. The maximum absolute atomic E-state index is 6.45. The Labute approximate surface area is 167 Å². The highest BCUT2D eigenvalue weighted by atomic mass is 16.6. The second-order valence-electron chi connectivity index (χ2n) is 7.10. The van der Waals surface area contributed by atoms with Gasteiger partial charge in [0.15, 0.2) is 0 Å². The predicted molar refractivity (Wildman–Crippen MR) is 113 cm³/mol. The first-order valence-electron chi connectivity index (χ1n) is 10.0. The zero-order valence-electron chi connectivity index (χ0n) is 16.3. The van der Waals surface area contributed by atoms with Crippen LogP contribution >= 0.6 is 0 Å². The van der Waals surface area contributed by atoms with Gasteiger partial charge in [-0.15, -0.1) is 0 Å². The van der Waals surface area contributed by atoms with Gasteiger partial charge in [-0.1, -0.05) is 84.9 Å². The molecule has 0 spiro atoms. The first-order chi connectivity index (χ1) is 13.8. The van der Waals surface area contributed by atoms with Crippen LogP contribution in [0.25, 0.3) is 11.1 Å². The van der Waals surface area contributed by atoms with E-state index in [4.69, 9.17) is 9.47 Å². The van der Waals surface area contributed by atoms with Gasteiger partial charge in [-0.25, -0.2) is 0 Å². The lowest BCUT2D eigenvalue weighted by Crippen LogP contribution is -2.51. The molecule has 0 aromatic heterocycles. The fourth-order valence-corrected chi connectivity index (χ4v) is 4.00. The van der Waals surface area contributed by atoms with Crippen molar-refractivity contribution in [3.8, 4) is 11.1 Å². The molecule has 3 aromatic carbocycles. The number of benzene rings is 3. The highest BCUT2D eigenvalue weighted by molar-refractivity contribution is 5.63. The van der Waals surface area contributed by atoms with E-state index in [1.165, 1.54) is 11.1 Å². The van der Waals surface area contributed by atoms with Gasteiger partial charge in [0.25, 0.3) is 0 Å². The normalized spacial score (nSPS) is 20.6. The monoisotopic (exact) mass is 373 g/mol. The molecule has 144 valence electrons. The van der Waals surface area contributed by atoms with Gasteiger partial charge < -0.3 is 14.8 Å². The van der Waals surface area contributed by atoms with Crippen LogP contribution in [0.2, 0.25) is 0 Å². The Balaban J connectivity index is 1.72. The van der Waals surface area contributed by atoms with Crippen LogP contribution in [0.1, 0.15) is 24.2 Å². The van der Waals surface area contributed by atoms with E-state index in [-0.39, 0.29) is 6.10 Å². The molecule has 2 unspecified atom stereocenters. The van der Waals surface area contributed by atoms with Crippen molar-refractivity contribution in [1.82, 2.24) is 5.32 Å². The molecule has 0 aliphatic carbocycles. The fourth-order valence-electron chi connectivity index (χ4n) is 4.00. The van der Waals surface area contributed by atoms with Crippen LogP contribution in [-0.2, 0) is 15.1 Å². The van der Waals surface area contributed by atoms with Gasteiger partial charge in [0.2, 0.25) is 0 Å². The first kappa shape index (κ1) is 18.9. The van der Waals surface area contributed by atoms with Crippen molar-refractivity contribution in [2.75, 3.05) is 26.3 Å². The van der Waals surface area contributed by atoms with Crippen molar-refractivity contribution in [2.24, 2.45) is 0 Å². The molecule has 0 radical (unpaired) electrons. The molecule has 28 heavy (non-hydrogen) atoms. The Hall–Kier alpha value is -2.46. The average Bonchev–Trinajstić information content (AvgIpc) is 2.79. The first-order valence-corrected chi connectivity index (χ1v) is 10.0. The largest absolute Gasteiger partial charge is 0.370 e. The Morgan fingerprint density at radius 2 is 1.54 bits per heavy atom. The second kappa shape index (κ2) is 8.70. The minimum absolute atomic E-state index is 0.183. The number of hydrogen-bond donors (Lipinski definition) is 1. The van der Waals surface area contributed by atoms with Gasteiger partial charge in [-0.2, -0.15) is 0 Å². The van der Waals surface area contributed by atoms with Gasteiger partial charge in [-0.05, 0) is 29.2 Å².